The van der Waals surface area contributed by atoms with E-state index in [1.54, 1.807) is 7.11 Å². The number of rotatable bonds is 6. The van der Waals surface area contributed by atoms with E-state index in [9.17, 15) is 0 Å². The van der Waals surface area contributed by atoms with Crippen LogP contribution in [0.25, 0.3) is 22.8 Å². The second kappa shape index (κ2) is 7.63. The van der Waals surface area contributed by atoms with Crippen LogP contribution in [0.15, 0.2) is 62.7 Å². The van der Waals surface area contributed by atoms with E-state index in [1.807, 2.05) is 55.5 Å². The molecule has 4 rings (SSSR count). The van der Waals surface area contributed by atoms with Crippen LogP contribution in [0.5, 0.6) is 5.75 Å². The number of aryl methyl sites for hydroxylation is 1. The van der Waals surface area contributed by atoms with Gasteiger partial charge >= 0.3 is 0 Å². The number of thioether (sulfide) groups is 1. The van der Waals surface area contributed by atoms with Gasteiger partial charge in [-0.3, -0.25) is 0 Å². The standard InChI is InChI=1S/C19H16N4O3S/c1-12-5-3-7-14(9-12)18-21-22-19(25-18)27-11-16-20-17(23-26-16)13-6-4-8-15(10-13)24-2/h3-10H,11H2,1-2H3. The summed E-state index contributed by atoms with van der Waals surface area (Å²) in [6.45, 7) is 2.02. The van der Waals surface area contributed by atoms with Crippen molar-refractivity contribution in [2.45, 2.75) is 17.9 Å². The molecule has 0 unspecified atom stereocenters. The maximum Gasteiger partial charge on any atom is 0.277 e. The van der Waals surface area contributed by atoms with E-state index >= 15 is 0 Å². The first-order valence-corrected chi connectivity index (χ1v) is 9.20. The van der Waals surface area contributed by atoms with Gasteiger partial charge in [-0.15, -0.1) is 10.2 Å². The Labute approximate surface area is 159 Å². The van der Waals surface area contributed by atoms with Crippen LogP contribution in [0.1, 0.15) is 11.5 Å². The van der Waals surface area contributed by atoms with Crippen LogP contribution in [0.2, 0.25) is 0 Å². The van der Waals surface area contributed by atoms with Crippen LogP contribution < -0.4 is 4.74 Å². The fraction of sp³-hybridized carbons (Fsp3) is 0.158. The Balaban J connectivity index is 1.43. The molecule has 0 spiro atoms. The lowest BCUT2D eigenvalue weighted by Crippen LogP contribution is -1.86. The van der Waals surface area contributed by atoms with Gasteiger partial charge in [0.15, 0.2) is 0 Å². The van der Waals surface area contributed by atoms with Crippen molar-refractivity contribution in [1.82, 2.24) is 20.3 Å². The zero-order chi connectivity index (χ0) is 18.6. The van der Waals surface area contributed by atoms with Crippen molar-refractivity contribution in [2.75, 3.05) is 7.11 Å². The monoisotopic (exact) mass is 380 g/mol. The third-order valence-electron chi connectivity index (χ3n) is 3.79. The second-order valence-electron chi connectivity index (χ2n) is 5.77. The highest BCUT2D eigenvalue weighted by Gasteiger charge is 2.13. The third kappa shape index (κ3) is 4.01. The predicted molar refractivity (Wildman–Crippen MR) is 100 cm³/mol. The van der Waals surface area contributed by atoms with Gasteiger partial charge in [-0.25, -0.2) is 0 Å². The number of aromatic nitrogens is 4. The van der Waals surface area contributed by atoms with Crippen molar-refractivity contribution >= 4 is 11.8 Å². The van der Waals surface area contributed by atoms with Gasteiger partial charge < -0.3 is 13.7 Å². The maximum atomic E-state index is 5.70. The highest BCUT2D eigenvalue weighted by Crippen LogP contribution is 2.27. The fourth-order valence-corrected chi connectivity index (χ4v) is 3.08. The summed E-state index contributed by atoms with van der Waals surface area (Å²) < 4.78 is 16.2. The van der Waals surface area contributed by atoms with E-state index in [2.05, 4.69) is 20.3 Å². The van der Waals surface area contributed by atoms with E-state index in [0.717, 1.165) is 22.4 Å². The van der Waals surface area contributed by atoms with Crippen LogP contribution in [-0.2, 0) is 5.75 Å². The molecule has 0 N–H and O–H groups in total. The molecule has 0 saturated carbocycles. The summed E-state index contributed by atoms with van der Waals surface area (Å²) in [6, 6.07) is 15.4. The molecule has 0 saturated heterocycles. The minimum atomic E-state index is 0.437. The van der Waals surface area contributed by atoms with Gasteiger partial charge in [-0.1, -0.05) is 46.7 Å². The smallest absolute Gasteiger partial charge is 0.277 e. The van der Waals surface area contributed by atoms with Crippen LogP contribution >= 0.6 is 11.8 Å². The zero-order valence-corrected chi connectivity index (χ0v) is 15.6. The Hall–Kier alpha value is -3.13. The molecule has 0 fully saturated rings. The van der Waals surface area contributed by atoms with Crippen LogP contribution in [-0.4, -0.2) is 27.4 Å². The summed E-state index contributed by atoms with van der Waals surface area (Å²) in [5.41, 5.74) is 2.86. The van der Waals surface area contributed by atoms with Crippen molar-refractivity contribution in [3.05, 3.63) is 60.0 Å². The molecule has 4 aromatic rings. The Bertz CT molecular complexity index is 1060. The SMILES string of the molecule is COc1cccc(-c2noc(CSc3nnc(-c4cccc(C)c4)o3)n2)c1. The lowest BCUT2D eigenvalue weighted by Gasteiger charge is -1.99. The lowest BCUT2D eigenvalue weighted by atomic mass is 10.1. The highest BCUT2D eigenvalue weighted by molar-refractivity contribution is 7.98. The van der Waals surface area contributed by atoms with Gasteiger partial charge in [-0.05, 0) is 31.2 Å². The zero-order valence-electron chi connectivity index (χ0n) is 14.7. The summed E-state index contributed by atoms with van der Waals surface area (Å²) >= 11 is 1.35. The largest absolute Gasteiger partial charge is 0.497 e. The summed E-state index contributed by atoms with van der Waals surface area (Å²) in [6.07, 6.45) is 0. The fourth-order valence-electron chi connectivity index (χ4n) is 2.48. The quantitative estimate of drug-likeness (QED) is 0.455. The van der Waals surface area contributed by atoms with Crippen LogP contribution in [0, 0.1) is 6.92 Å². The highest BCUT2D eigenvalue weighted by atomic mass is 32.2. The van der Waals surface area contributed by atoms with E-state index in [-0.39, 0.29) is 0 Å². The molecule has 8 heteroatoms. The molecule has 2 aromatic heterocycles. The Morgan fingerprint density at radius 3 is 2.74 bits per heavy atom. The Morgan fingerprint density at radius 2 is 1.89 bits per heavy atom. The van der Waals surface area contributed by atoms with Gasteiger partial charge in [0.2, 0.25) is 17.6 Å². The average molecular weight is 380 g/mol. The van der Waals surface area contributed by atoms with E-state index in [4.69, 9.17) is 13.7 Å². The normalized spacial score (nSPS) is 10.9. The Kier molecular flexibility index (Phi) is 4.88. The topological polar surface area (TPSA) is 87.1 Å². The molecule has 0 bridgehead atoms. The molecule has 27 heavy (non-hydrogen) atoms. The summed E-state index contributed by atoms with van der Waals surface area (Å²) in [7, 11) is 1.62. The lowest BCUT2D eigenvalue weighted by molar-refractivity contribution is 0.390. The van der Waals surface area contributed by atoms with Crippen LogP contribution in [0.4, 0.5) is 0 Å². The number of hydrogen-bond donors (Lipinski definition) is 0. The van der Waals surface area contributed by atoms with Gasteiger partial charge in [0.25, 0.3) is 5.22 Å². The molecule has 136 valence electrons. The van der Waals surface area contributed by atoms with Crippen molar-refractivity contribution in [3.63, 3.8) is 0 Å². The molecular formula is C19H16N4O3S. The van der Waals surface area contributed by atoms with Gasteiger partial charge in [0.05, 0.1) is 12.9 Å². The molecule has 7 nitrogen and oxygen atoms in total. The number of methoxy groups -OCH3 is 1. The van der Waals surface area contributed by atoms with Gasteiger partial charge in [0.1, 0.15) is 5.75 Å². The molecule has 0 radical (unpaired) electrons. The molecule has 2 aromatic carbocycles. The maximum absolute atomic E-state index is 5.70. The molecule has 0 aliphatic heterocycles. The first kappa shape index (κ1) is 17.3. The predicted octanol–water partition coefficient (Wildman–Crippen LogP) is 4.40. The first-order chi connectivity index (χ1) is 13.2. The number of nitrogens with zero attached hydrogens (tertiary/aromatic N) is 4. The number of ether oxygens (including phenoxy) is 1. The van der Waals surface area contributed by atoms with Crippen molar-refractivity contribution in [3.8, 4) is 28.6 Å². The number of hydrogen-bond acceptors (Lipinski definition) is 8. The van der Waals surface area contributed by atoms with Crippen molar-refractivity contribution in [1.29, 1.82) is 0 Å². The molecule has 0 atom stereocenters. The molecule has 0 amide bonds. The third-order valence-corrected chi connectivity index (χ3v) is 4.59. The average Bonchev–Trinajstić information content (AvgIpc) is 3.36. The minimum absolute atomic E-state index is 0.437. The van der Waals surface area contributed by atoms with Crippen molar-refractivity contribution in [2.24, 2.45) is 0 Å². The number of benzene rings is 2. The molecule has 0 aliphatic carbocycles. The summed E-state index contributed by atoms with van der Waals surface area (Å²) in [5.74, 6) is 2.65. The summed E-state index contributed by atoms with van der Waals surface area (Å²) in [5, 5.41) is 12.6. The molecular weight excluding hydrogens is 364 g/mol. The second-order valence-corrected chi connectivity index (χ2v) is 6.70. The first-order valence-electron chi connectivity index (χ1n) is 8.21. The van der Waals surface area contributed by atoms with Gasteiger partial charge in [-0.2, -0.15) is 4.98 Å². The van der Waals surface area contributed by atoms with Gasteiger partial charge in [0, 0.05) is 11.1 Å². The minimum Gasteiger partial charge on any atom is -0.497 e. The molecule has 2 heterocycles. The van der Waals surface area contributed by atoms with E-state index in [1.165, 1.54) is 11.8 Å². The summed E-state index contributed by atoms with van der Waals surface area (Å²) in [4.78, 5) is 4.40. The van der Waals surface area contributed by atoms with E-state index in [0.29, 0.717) is 28.6 Å². The Morgan fingerprint density at radius 1 is 1.04 bits per heavy atom. The van der Waals surface area contributed by atoms with Crippen molar-refractivity contribution < 1.29 is 13.7 Å². The van der Waals surface area contributed by atoms with E-state index < -0.39 is 0 Å². The van der Waals surface area contributed by atoms with Crippen LogP contribution in [0.3, 0.4) is 0 Å². The molecule has 0 aliphatic rings.